The van der Waals surface area contributed by atoms with Gasteiger partial charge in [0.2, 0.25) is 10.0 Å². The third kappa shape index (κ3) is 2.96. The number of fused-ring (bicyclic) bond motifs is 2. The molecule has 0 aromatic heterocycles. The van der Waals surface area contributed by atoms with Gasteiger partial charge in [0.05, 0.1) is 11.3 Å². The third-order valence-electron chi connectivity index (χ3n) is 4.63. The standard InChI is InChI=1S/C15H20N2O4S/c16-22(19,20)11-15-8-6-13(7-9-15)17(15)14(18)21-10-12-4-2-1-3-5-12/h1-5,13H,6-11H2,(H2,16,19,20). The van der Waals surface area contributed by atoms with Crippen LogP contribution in [-0.2, 0) is 21.4 Å². The number of benzene rings is 1. The van der Waals surface area contributed by atoms with Crippen LogP contribution in [0.15, 0.2) is 30.3 Å². The molecule has 1 aromatic rings. The molecule has 1 aromatic carbocycles. The van der Waals surface area contributed by atoms with E-state index in [0.29, 0.717) is 12.8 Å². The van der Waals surface area contributed by atoms with E-state index in [1.165, 1.54) is 0 Å². The smallest absolute Gasteiger partial charge is 0.410 e. The molecule has 0 aliphatic carbocycles. The summed E-state index contributed by atoms with van der Waals surface area (Å²) < 4.78 is 28.4. The Hall–Kier alpha value is -1.60. The Morgan fingerprint density at radius 1 is 1.27 bits per heavy atom. The highest BCUT2D eigenvalue weighted by Gasteiger charge is 2.56. The summed E-state index contributed by atoms with van der Waals surface area (Å²) in [6, 6.07) is 9.49. The van der Waals surface area contributed by atoms with E-state index in [-0.39, 0.29) is 18.4 Å². The number of nitrogens with zero attached hydrogens (tertiary/aromatic N) is 1. The monoisotopic (exact) mass is 324 g/mol. The Bertz CT molecular complexity index is 651. The molecule has 2 aliphatic rings. The highest BCUT2D eigenvalue weighted by atomic mass is 32.2. The van der Waals surface area contributed by atoms with Gasteiger partial charge < -0.3 is 4.74 Å². The summed E-state index contributed by atoms with van der Waals surface area (Å²) in [5, 5.41) is 5.22. The topological polar surface area (TPSA) is 89.7 Å². The average molecular weight is 324 g/mol. The summed E-state index contributed by atoms with van der Waals surface area (Å²) in [4.78, 5) is 14.1. The van der Waals surface area contributed by atoms with E-state index < -0.39 is 21.7 Å². The van der Waals surface area contributed by atoms with Crippen LogP contribution in [0.3, 0.4) is 0 Å². The van der Waals surface area contributed by atoms with Gasteiger partial charge in [0.1, 0.15) is 6.61 Å². The van der Waals surface area contributed by atoms with Crippen molar-refractivity contribution < 1.29 is 17.9 Å². The first-order valence-electron chi connectivity index (χ1n) is 7.40. The quantitative estimate of drug-likeness (QED) is 0.911. The zero-order valence-electron chi connectivity index (χ0n) is 12.3. The van der Waals surface area contributed by atoms with Crippen LogP contribution in [0.25, 0.3) is 0 Å². The van der Waals surface area contributed by atoms with Crippen molar-refractivity contribution in [2.75, 3.05) is 5.75 Å². The number of carbonyl (C=O) groups is 1. The first-order chi connectivity index (χ1) is 10.4. The lowest BCUT2D eigenvalue weighted by molar-refractivity contribution is 0.0740. The Balaban J connectivity index is 1.71. The van der Waals surface area contributed by atoms with Gasteiger partial charge >= 0.3 is 6.09 Å². The van der Waals surface area contributed by atoms with Crippen LogP contribution >= 0.6 is 0 Å². The van der Waals surface area contributed by atoms with Crippen molar-refractivity contribution in [1.82, 2.24) is 4.90 Å². The second kappa shape index (κ2) is 5.55. The summed E-state index contributed by atoms with van der Waals surface area (Å²) in [6.07, 6.45) is 2.54. The number of rotatable bonds is 4. The van der Waals surface area contributed by atoms with Gasteiger partial charge in [-0.2, -0.15) is 0 Å². The maximum atomic E-state index is 12.4. The summed E-state index contributed by atoms with van der Waals surface area (Å²) in [6.45, 7) is 0.189. The lowest BCUT2D eigenvalue weighted by Gasteiger charge is -2.33. The van der Waals surface area contributed by atoms with Crippen molar-refractivity contribution in [2.24, 2.45) is 5.14 Å². The van der Waals surface area contributed by atoms with Gasteiger partial charge in [-0.1, -0.05) is 30.3 Å². The molecule has 0 atom stereocenters. The van der Waals surface area contributed by atoms with E-state index in [1.807, 2.05) is 30.3 Å². The van der Waals surface area contributed by atoms with Crippen LogP contribution < -0.4 is 5.14 Å². The molecular weight excluding hydrogens is 304 g/mol. The second-order valence-electron chi connectivity index (χ2n) is 6.17. The van der Waals surface area contributed by atoms with Gasteiger partial charge in [0, 0.05) is 6.04 Å². The van der Waals surface area contributed by atoms with Crippen LogP contribution in [0.4, 0.5) is 4.79 Å². The lowest BCUT2D eigenvalue weighted by atomic mass is 9.89. The molecule has 2 heterocycles. The number of hydrogen-bond acceptors (Lipinski definition) is 4. The predicted octanol–water partition coefficient (Wildman–Crippen LogP) is 1.61. The van der Waals surface area contributed by atoms with Gasteiger partial charge in [0.25, 0.3) is 0 Å². The first kappa shape index (κ1) is 15.3. The fourth-order valence-corrected chi connectivity index (χ4v) is 4.92. The zero-order valence-corrected chi connectivity index (χ0v) is 13.1. The zero-order chi connectivity index (χ0) is 15.8. The van der Waals surface area contributed by atoms with Crippen LogP contribution in [0.1, 0.15) is 31.2 Å². The van der Waals surface area contributed by atoms with E-state index in [2.05, 4.69) is 0 Å². The molecular formula is C15H20N2O4S. The number of carbonyl (C=O) groups excluding carboxylic acids is 1. The highest BCUT2D eigenvalue weighted by Crippen LogP contribution is 2.47. The molecule has 2 aliphatic heterocycles. The first-order valence-corrected chi connectivity index (χ1v) is 9.12. The molecule has 0 unspecified atom stereocenters. The minimum atomic E-state index is -3.63. The molecule has 7 heteroatoms. The normalized spacial score (nSPS) is 27.1. The Kier molecular flexibility index (Phi) is 3.86. The summed E-state index contributed by atoms with van der Waals surface area (Å²) in [5.41, 5.74) is 0.231. The molecule has 1 amide bonds. The number of nitrogens with two attached hydrogens (primary N) is 1. The van der Waals surface area contributed by atoms with Crippen molar-refractivity contribution >= 4 is 16.1 Å². The minimum absolute atomic E-state index is 0.0741. The average Bonchev–Trinajstić information content (AvgIpc) is 2.98. The van der Waals surface area contributed by atoms with Gasteiger partial charge in [-0.25, -0.2) is 18.4 Å². The van der Waals surface area contributed by atoms with Gasteiger partial charge in [-0.15, -0.1) is 0 Å². The Labute approximate surface area is 130 Å². The second-order valence-corrected chi connectivity index (χ2v) is 7.79. The largest absolute Gasteiger partial charge is 0.445 e. The molecule has 0 saturated carbocycles. The maximum absolute atomic E-state index is 12.4. The van der Waals surface area contributed by atoms with E-state index in [0.717, 1.165) is 18.4 Å². The van der Waals surface area contributed by atoms with Crippen LogP contribution in [0.2, 0.25) is 0 Å². The Morgan fingerprint density at radius 2 is 1.91 bits per heavy atom. The maximum Gasteiger partial charge on any atom is 0.410 e. The number of amides is 1. The van der Waals surface area contributed by atoms with E-state index in [4.69, 9.17) is 9.88 Å². The van der Waals surface area contributed by atoms with Crippen molar-refractivity contribution in [3.05, 3.63) is 35.9 Å². The van der Waals surface area contributed by atoms with E-state index >= 15 is 0 Å². The van der Waals surface area contributed by atoms with Crippen LogP contribution in [0.5, 0.6) is 0 Å². The molecule has 0 radical (unpaired) electrons. The van der Waals surface area contributed by atoms with Gasteiger partial charge in [0.15, 0.2) is 0 Å². The molecule has 2 fully saturated rings. The highest BCUT2D eigenvalue weighted by molar-refractivity contribution is 7.89. The van der Waals surface area contributed by atoms with Crippen molar-refractivity contribution in [3.63, 3.8) is 0 Å². The van der Waals surface area contributed by atoms with Crippen LogP contribution in [0, 0.1) is 0 Å². The summed E-state index contributed by atoms with van der Waals surface area (Å²) in [7, 11) is -3.63. The fourth-order valence-electron chi connectivity index (χ4n) is 3.75. The fraction of sp³-hybridized carbons (Fsp3) is 0.533. The molecule has 0 spiro atoms. The number of hydrogen-bond donors (Lipinski definition) is 1. The van der Waals surface area contributed by atoms with E-state index in [9.17, 15) is 13.2 Å². The molecule has 3 rings (SSSR count). The number of ether oxygens (including phenoxy) is 1. The predicted molar refractivity (Wildman–Crippen MR) is 81.4 cm³/mol. The number of primary sulfonamides is 1. The molecule has 6 nitrogen and oxygen atoms in total. The van der Waals surface area contributed by atoms with Gasteiger partial charge in [-0.3, -0.25) is 4.90 Å². The molecule has 22 heavy (non-hydrogen) atoms. The third-order valence-corrected chi connectivity index (χ3v) is 5.57. The van der Waals surface area contributed by atoms with Crippen molar-refractivity contribution in [1.29, 1.82) is 0 Å². The molecule has 120 valence electrons. The minimum Gasteiger partial charge on any atom is -0.445 e. The lowest BCUT2D eigenvalue weighted by Crippen LogP contribution is -2.50. The SMILES string of the molecule is NS(=O)(=O)CC12CCC(CC1)N2C(=O)OCc1ccccc1. The molecule has 2 N–H and O–H groups in total. The van der Waals surface area contributed by atoms with Gasteiger partial charge in [-0.05, 0) is 31.2 Å². The molecule has 2 saturated heterocycles. The molecule has 2 bridgehead atoms. The summed E-state index contributed by atoms with van der Waals surface area (Å²) >= 11 is 0. The summed E-state index contributed by atoms with van der Waals surface area (Å²) in [5.74, 6) is -0.184. The van der Waals surface area contributed by atoms with Crippen LogP contribution in [-0.4, -0.2) is 36.7 Å². The van der Waals surface area contributed by atoms with E-state index in [1.54, 1.807) is 4.90 Å². The Morgan fingerprint density at radius 3 is 2.50 bits per heavy atom. The van der Waals surface area contributed by atoms with Crippen molar-refractivity contribution in [3.8, 4) is 0 Å². The van der Waals surface area contributed by atoms with Crippen molar-refractivity contribution in [2.45, 2.75) is 43.9 Å². The number of sulfonamides is 1.